The summed E-state index contributed by atoms with van der Waals surface area (Å²) >= 11 is 7.67. The number of aromatic nitrogens is 2. The maximum atomic E-state index is 13.1. The van der Waals surface area contributed by atoms with E-state index in [0.29, 0.717) is 39.8 Å². The zero-order valence-corrected chi connectivity index (χ0v) is 20.4. The second-order valence-electron chi connectivity index (χ2n) is 8.48. The molecule has 0 spiro atoms. The molecule has 0 fully saturated rings. The highest BCUT2D eigenvalue weighted by Crippen LogP contribution is 2.37. The first kappa shape index (κ1) is 23.4. The molecule has 172 valence electrons. The lowest BCUT2D eigenvalue weighted by molar-refractivity contribution is -0.116. The molecule has 2 heterocycles. The van der Waals surface area contributed by atoms with Crippen molar-refractivity contribution < 1.29 is 9.53 Å². The summed E-state index contributed by atoms with van der Waals surface area (Å²) in [6.07, 6.45) is 0.197. The summed E-state index contributed by atoms with van der Waals surface area (Å²) in [7, 11) is 1.81. The van der Waals surface area contributed by atoms with E-state index in [4.69, 9.17) is 16.3 Å². The van der Waals surface area contributed by atoms with Crippen LogP contribution in [0.1, 0.15) is 42.9 Å². The number of nitrogens with one attached hydrogen (secondary N) is 1. The molecule has 33 heavy (non-hydrogen) atoms. The summed E-state index contributed by atoms with van der Waals surface area (Å²) in [5.41, 5.74) is 2.03. The number of rotatable bonds is 7. The van der Waals surface area contributed by atoms with Gasteiger partial charge in [-0.1, -0.05) is 67.5 Å². The molecule has 0 radical (unpaired) electrons. The first-order valence-electron chi connectivity index (χ1n) is 10.8. The van der Waals surface area contributed by atoms with Gasteiger partial charge in [-0.3, -0.25) is 9.59 Å². The maximum Gasteiger partial charge on any atom is 0.279 e. The standard InChI is InChI=1S/C25H26ClN3O3S/c1-15(2)13-32-18-10-8-16(9-11-18)19-12-21(30)27-23-22(19)24(31)28-25(29(23)3)33-14-17-6-4-5-7-20(17)26/h4-11,15,19H,12-14H2,1-3H3,(H,27,30). The third-order valence-electron chi connectivity index (χ3n) is 5.48. The van der Waals surface area contributed by atoms with Crippen molar-refractivity contribution in [2.75, 3.05) is 11.9 Å². The fourth-order valence-electron chi connectivity index (χ4n) is 3.77. The van der Waals surface area contributed by atoms with Crippen LogP contribution in [0, 0.1) is 5.92 Å². The summed E-state index contributed by atoms with van der Waals surface area (Å²) in [6, 6.07) is 15.2. The first-order chi connectivity index (χ1) is 15.8. The molecule has 1 unspecified atom stereocenters. The van der Waals surface area contributed by atoms with Crippen molar-refractivity contribution in [1.82, 2.24) is 9.55 Å². The lowest BCUT2D eigenvalue weighted by atomic mass is 9.87. The molecule has 2 aromatic carbocycles. The summed E-state index contributed by atoms with van der Waals surface area (Å²) in [6.45, 7) is 4.82. The number of nitrogens with zero attached hydrogens (tertiary/aromatic N) is 2. The quantitative estimate of drug-likeness (QED) is 0.367. The second-order valence-corrected chi connectivity index (χ2v) is 9.83. The summed E-state index contributed by atoms with van der Waals surface area (Å²) < 4.78 is 7.54. The Balaban J connectivity index is 1.63. The highest BCUT2D eigenvalue weighted by molar-refractivity contribution is 7.98. The number of fused-ring (bicyclic) bond motifs is 1. The van der Waals surface area contributed by atoms with E-state index in [2.05, 4.69) is 24.1 Å². The lowest BCUT2D eigenvalue weighted by Crippen LogP contribution is -2.33. The normalized spacial score (nSPS) is 15.3. The van der Waals surface area contributed by atoms with Crippen LogP contribution in [-0.4, -0.2) is 22.1 Å². The van der Waals surface area contributed by atoms with Crippen LogP contribution in [0.5, 0.6) is 5.75 Å². The second kappa shape index (κ2) is 10.0. The summed E-state index contributed by atoms with van der Waals surface area (Å²) in [5.74, 6) is 1.77. The molecule has 0 bridgehead atoms. The highest BCUT2D eigenvalue weighted by atomic mass is 35.5. The van der Waals surface area contributed by atoms with Gasteiger partial charge in [-0.2, -0.15) is 4.98 Å². The smallest absolute Gasteiger partial charge is 0.279 e. The molecule has 1 aromatic heterocycles. The van der Waals surface area contributed by atoms with Crippen LogP contribution in [0.25, 0.3) is 0 Å². The molecule has 1 atom stereocenters. The number of halogens is 1. The molecule has 1 aliphatic heterocycles. The van der Waals surface area contributed by atoms with Crippen LogP contribution >= 0.6 is 23.4 Å². The average Bonchev–Trinajstić information content (AvgIpc) is 2.79. The fourth-order valence-corrected chi connectivity index (χ4v) is 5.02. The SMILES string of the molecule is CC(C)COc1ccc(C2CC(=O)Nc3c2c(=O)nc(SCc2ccccc2Cl)n3C)cc1. The van der Waals surface area contributed by atoms with E-state index in [9.17, 15) is 9.59 Å². The Morgan fingerprint density at radius 3 is 2.61 bits per heavy atom. The van der Waals surface area contributed by atoms with Crippen molar-refractivity contribution in [3.05, 3.63) is 80.6 Å². The minimum Gasteiger partial charge on any atom is -0.493 e. The molecule has 3 aromatic rings. The number of anilines is 1. The van der Waals surface area contributed by atoms with E-state index >= 15 is 0 Å². The Kier molecular flexibility index (Phi) is 7.10. The van der Waals surface area contributed by atoms with Gasteiger partial charge in [0.2, 0.25) is 5.91 Å². The van der Waals surface area contributed by atoms with Crippen molar-refractivity contribution in [1.29, 1.82) is 0 Å². The number of benzene rings is 2. The average molecular weight is 484 g/mol. The molecule has 0 saturated heterocycles. The highest BCUT2D eigenvalue weighted by Gasteiger charge is 2.32. The van der Waals surface area contributed by atoms with Gasteiger partial charge in [0.1, 0.15) is 11.6 Å². The van der Waals surface area contributed by atoms with Crippen LogP contribution < -0.4 is 15.6 Å². The Morgan fingerprint density at radius 2 is 1.91 bits per heavy atom. The molecule has 0 saturated carbocycles. The zero-order chi connectivity index (χ0) is 23.5. The largest absolute Gasteiger partial charge is 0.493 e. The van der Waals surface area contributed by atoms with Crippen molar-refractivity contribution in [2.45, 2.75) is 37.1 Å². The first-order valence-corrected chi connectivity index (χ1v) is 12.2. The van der Waals surface area contributed by atoms with Crippen LogP contribution in [0.2, 0.25) is 5.02 Å². The Hall–Kier alpha value is -2.77. The minimum absolute atomic E-state index is 0.129. The zero-order valence-electron chi connectivity index (χ0n) is 18.8. The van der Waals surface area contributed by atoms with E-state index < -0.39 is 0 Å². The van der Waals surface area contributed by atoms with Crippen LogP contribution in [0.15, 0.2) is 58.5 Å². The van der Waals surface area contributed by atoms with Gasteiger partial charge in [0.05, 0.1) is 12.2 Å². The molecule has 1 aliphatic rings. The van der Waals surface area contributed by atoms with Gasteiger partial charge in [-0.05, 0) is 35.2 Å². The molecule has 8 heteroatoms. The molecule has 1 amide bonds. The van der Waals surface area contributed by atoms with Gasteiger partial charge in [0, 0.05) is 30.2 Å². The monoisotopic (exact) mass is 483 g/mol. The summed E-state index contributed by atoms with van der Waals surface area (Å²) in [4.78, 5) is 30.0. The topological polar surface area (TPSA) is 73.2 Å². The Bertz CT molecular complexity index is 1220. The number of carbonyl (C=O) groups excluding carboxylic acids is 1. The predicted molar refractivity (Wildman–Crippen MR) is 132 cm³/mol. The lowest BCUT2D eigenvalue weighted by Gasteiger charge is -2.27. The van der Waals surface area contributed by atoms with Gasteiger partial charge in [-0.25, -0.2) is 0 Å². The van der Waals surface area contributed by atoms with Crippen molar-refractivity contribution in [3.63, 3.8) is 0 Å². The van der Waals surface area contributed by atoms with E-state index in [1.165, 1.54) is 11.8 Å². The van der Waals surface area contributed by atoms with E-state index in [1.807, 2.05) is 55.6 Å². The van der Waals surface area contributed by atoms with Crippen LogP contribution in [0.3, 0.4) is 0 Å². The fraction of sp³-hybridized carbons (Fsp3) is 0.320. The number of carbonyl (C=O) groups is 1. The van der Waals surface area contributed by atoms with E-state index in [0.717, 1.165) is 16.9 Å². The van der Waals surface area contributed by atoms with Crippen molar-refractivity contribution >= 4 is 35.1 Å². The van der Waals surface area contributed by atoms with Crippen LogP contribution in [-0.2, 0) is 17.6 Å². The number of amides is 1. The third-order valence-corrected chi connectivity index (χ3v) is 6.93. The number of ether oxygens (including phenoxy) is 1. The van der Waals surface area contributed by atoms with Crippen molar-refractivity contribution in [2.24, 2.45) is 13.0 Å². The number of thioether (sulfide) groups is 1. The van der Waals surface area contributed by atoms with Gasteiger partial charge in [0.25, 0.3) is 5.56 Å². The predicted octanol–water partition coefficient (Wildman–Crippen LogP) is 5.23. The molecule has 1 N–H and O–H groups in total. The minimum atomic E-state index is -0.360. The van der Waals surface area contributed by atoms with Gasteiger partial charge >= 0.3 is 0 Å². The molecular formula is C25H26ClN3O3S. The molecular weight excluding hydrogens is 458 g/mol. The molecule has 0 aliphatic carbocycles. The van der Waals surface area contributed by atoms with Gasteiger partial charge in [-0.15, -0.1) is 0 Å². The Labute approximate surface area is 202 Å². The van der Waals surface area contributed by atoms with E-state index in [1.54, 1.807) is 4.57 Å². The summed E-state index contributed by atoms with van der Waals surface area (Å²) in [5, 5.41) is 4.08. The van der Waals surface area contributed by atoms with Crippen LogP contribution in [0.4, 0.5) is 5.82 Å². The Morgan fingerprint density at radius 1 is 1.18 bits per heavy atom. The van der Waals surface area contributed by atoms with Crippen molar-refractivity contribution in [3.8, 4) is 5.75 Å². The number of hydrogen-bond donors (Lipinski definition) is 1. The third kappa shape index (κ3) is 5.25. The number of hydrogen-bond acceptors (Lipinski definition) is 5. The van der Waals surface area contributed by atoms with E-state index in [-0.39, 0.29) is 23.8 Å². The molecule has 6 nitrogen and oxygen atoms in total. The molecule has 4 rings (SSSR count). The van der Waals surface area contributed by atoms with Gasteiger partial charge in [0.15, 0.2) is 5.16 Å². The maximum absolute atomic E-state index is 13.1. The van der Waals surface area contributed by atoms with Gasteiger partial charge < -0.3 is 14.6 Å².